The van der Waals surface area contributed by atoms with Crippen molar-refractivity contribution in [1.82, 2.24) is 9.47 Å². The minimum absolute atomic E-state index is 0.0585. The van der Waals surface area contributed by atoms with E-state index in [-0.39, 0.29) is 23.6 Å². The third kappa shape index (κ3) is 4.69. The maximum absolute atomic E-state index is 13.8. The lowest BCUT2D eigenvalue weighted by Gasteiger charge is -2.18. The molecule has 2 aliphatic rings. The number of rotatable bonds is 7. The zero-order valence-corrected chi connectivity index (χ0v) is 19.5. The quantitative estimate of drug-likeness (QED) is 0.340. The van der Waals surface area contributed by atoms with E-state index in [1.165, 1.54) is 17.8 Å². The molecule has 2 fully saturated rings. The van der Waals surface area contributed by atoms with E-state index in [4.69, 9.17) is 21.7 Å². The molecule has 0 radical (unpaired) electrons. The first-order valence-electron chi connectivity index (χ1n) is 10.9. The molecule has 0 N–H and O–H groups in total. The van der Waals surface area contributed by atoms with Gasteiger partial charge in [-0.05, 0) is 37.1 Å². The summed E-state index contributed by atoms with van der Waals surface area (Å²) < 4.78 is 27.8. The topological polar surface area (TPSA) is 43.7 Å². The van der Waals surface area contributed by atoms with Crippen molar-refractivity contribution in [2.75, 3.05) is 19.8 Å². The number of fused-ring (bicyclic) bond motifs is 1. The molecular weight excluding hydrogens is 459 g/mol. The average molecular weight is 483 g/mol. The number of ether oxygens (including phenoxy) is 2. The molecule has 3 aromatic rings. The van der Waals surface area contributed by atoms with Crippen molar-refractivity contribution >= 4 is 51.2 Å². The van der Waals surface area contributed by atoms with E-state index in [1.807, 2.05) is 36.5 Å². The predicted octanol–water partition coefficient (Wildman–Crippen LogP) is 5.24. The fourth-order valence-corrected chi connectivity index (χ4v) is 5.45. The van der Waals surface area contributed by atoms with Gasteiger partial charge in [0.05, 0.1) is 24.1 Å². The molecule has 1 atom stereocenters. The molecule has 2 aromatic carbocycles. The van der Waals surface area contributed by atoms with Crippen LogP contribution in [0.3, 0.4) is 0 Å². The van der Waals surface area contributed by atoms with Crippen molar-refractivity contribution in [2.45, 2.75) is 25.5 Å². The highest BCUT2D eigenvalue weighted by atomic mass is 32.2. The molecule has 1 amide bonds. The number of carbonyl (C=O) groups is 1. The molecule has 1 aromatic heterocycles. The lowest BCUT2D eigenvalue weighted by atomic mass is 10.1. The molecule has 0 bridgehead atoms. The second kappa shape index (κ2) is 9.67. The SMILES string of the molecule is O=C1/C(=C/c2cn(CCOc3ccccc3F)c3ccccc23)SC(=S)N1C[C@H]1CCCO1. The summed E-state index contributed by atoms with van der Waals surface area (Å²) in [6.07, 6.45) is 5.95. The van der Waals surface area contributed by atoms with Crippen molar-refractivity contribution in [2.24, 2.45) is 0 Å². The Labute approximate surface area is 201 Å². The van der Waals surface area contributed by atoms with Gasteiger partial charge in [0.25, 0.3) is 5.91 Å². The van der Waals surface area contributed by atoms with Gasteiger partial charge in [-0.25, -0.2) is 4.39 Å². The molecule has 33 heavy (non-hydrogen) atoms. The Morgan fingerprint density at radius 1 is 1.21 bits per heavy atom. The average Bonchev–Trinajstić information content (AvgIpc) is 3.52. The number of hydrogen-bond acceptors (Lipinski definition) is 5. The summed E-state index contributed by atoms with van der Waals surface area (Å²) in [7, 11) is 0. The van der Waals surface area contributed by atoms with Gasteiger partial charge in [0, 0.05) is 29.3 Å². The van der Waals surface area contributed by atoms with Crippen LogP contribution in [-0.2, 0) is 16.1 Å². The van der Waals surface area contributed by atoms with Crippen LogP contribution in [-0.4, -0.2) is 45.6 Å². The van der Waals surface area contributed by atoms with Gasteiger partial charge < -0.3 is 14.0 Å². The van der Waals surface area contributed by atoms with E-state index in [0.717, 1.165) is 35.9 Å². The molecule has 0 saturated carbocycles. The van der Waals surface area contributed by atoms with Gasteiger partial charge in [0.15, 0.2) is 11.6 Å². The van der Waals surface area contributed by atoms with E-state index in [9.17, 15) is 9.18 Å². The number of amides is 1. The van der Waals surface area contributed by atoms with E-state index >= 15 is 0 Å². The van der Waals surface area contributed by atoms with Gasteiger partial charge in [-0.1, -0.05) is 54.3 Å². The van der Waals surface area contributed by atoms with Gasteiger partial charge in [-0.2, -0.15) is 0 Å². The van der Waals surface area contributed by atoms with Crippen molar-refractivity contribution in [3.63, 3.8) is 0 Å². The second-order valence-electron chi connectivity index (χ2n) is 8.00. The Morgan fingerprint density at radius 3 is 2.85 bits per heavy atom. The Morgan fingerprint density at radius 2 is 2.03 bits per heavy atom. The number of carbonyl (C=O) groups excluding carboxylic acids is 1. The van der Waals surface area contributed by atoms with Crippen LogP contribution in [0.5, 0.6) is 5.75 Å². The van der Waals surface area contributed by atoms with Gasteiger partial charge in [0.2, 0.25) is 0 Å². The number of thiocarbonyl (C=S) groups is 1. The van der Waals surface area contributed by atoms with Crippen LogP contribution in [0.2, 0.25) is 0 Å². The normalized spacial score (nSPS) is 19.8. The van der Waals surface area contributed by atoms with Crippen LogP contribution in [0.15, 0.2) is 59.6 Å². The summed E-state index contributed by atoms with van der Waals surface area (Å²) >= 11 is 6.81. The van der Waals surface area contributed by atoms with Crippen molar-refractivity contribution < 1.29 is 18.7 Å². The Balaban J connectivity index is 1.35. The monoisotopic (exact) mass is 482 g/mol. The maximum atomic E-state index is 13.8. The molecule has 2 aliphatic heterocycles. The van der Waals surface area contributed by atoms with E-state index in [1.54, 1.807) is 23.1 Å². The first kappa shape index (κ1) is 22.1. The standard InChI is InChI=1S/C25H23FN2O3S2/c26-20-8-2-4-10-22(20)31-13-11-27-15-17(19-7-1-3-9-21(19)27)14-23-24(29)28(25(32)33-23)16-18-6-5-12-30-18/h1-4,7-10,14-15,18H,5-6,11-13,16H2/b23-14-/t18-/m1/s1. The number of aromatic nitrogens is 1. The fraction of sp³-hybridized carbons (Fsp3) is 0.280. The second-order valence-corrected chi connectivity index (χ2v) is 9.68. The maximum Gasteiger partial charge on any atom is 0.266 e. The molecule has 0 aliphatic carbocycles. The number of nitrogens with zero attached hydrogens (tertiary/aromatic N) is 2. The van der Waals surface area contributed by atoms with Gasteiger partial charge >= 0.3 is 0 Å². The highest BCUT2D eigenvalue weighted by Gasteiger charge is 2.34. The first-order chi connectivity index (χ1) is 16.1. The van der Waals surface area contributed by atoms with Crippen LogP contribution in [0.4, 0.5) is 4.39 Å². The zero-order valence-electron chi connectivity index (χ0n) is 17.9. The molecule has 8 heteroatoms. The Hall–Kier alpha value is -2.68. The summed E-state index contributed by atoms with van der Waals surface area (Å²) in [4.78, 5) is 15.3. The number of benzene rings is 2. The molecule has 0 unspecified atom stereocenters. The molecule has 5 rings (SSSR count). The van der Waals surface area contributed by atoms with Crippen molar-refractivity contribution in [3.8, 4) is 5.75 Å². The lowest BCUT2D eigenvalue weighted by Crippen LogP contribution is -2.35. The summed E-state index contributed by atoms with van der Waals surface area (Å²) in [5.41, 5.74) is 1.96. The van der Waals surface area contributed by atoms with Gasteiger partial charge in [0.1, 0.15) is 10.9 Å². The molecular formula is C25H23FN2O3S2. The molecule has 170 valence electrons. The highest BCUT2D eigenvalue weighted by molar-refractivity contribution is 8.26. The summed E-state index contributed by atoms with van der Waals surface area (Å²) in [5, 5.41) is 1.03. The smallest absolute Gasteiger partial charge is 0.266 e. The van der Waals surface area contributed by atoms with Crippen LogP contribution in [0.25, 0.3) is 17.0 Å². The van der Waals surface area contributed by atoms with E-state index < -0.39 is 0 Å². The summed E-state index contributed by atoms with van der Waals surface area (Å²) in [5.74, 6) is -0.204. The van der Waals surface area contributed by atoms with Gasteiger partial charge in [-0.15, -0.1) is 0 Å². The van der Waals surface area contributed by atoms with E-state index in [2.05, 4.69) is 4.57 Å². The third-order valence-electron chi connectivity index (χ3n) is 5.82. The molecule has 0 spiro atoms. The van der Waals surface area contributed by atoms with Crippen molar-refractivity contribution in [3.05, 3.63) is 71.0 Å². The van der Waals surface area contributed by atoms with Crippen molar-refractivity contribution in [1.29, 1.82) is 0 Å². The number of halogens is 1. The number of para-hydroxylation sites is 2. The van der Waals surface area contributed by atoms with E-state index in [0.29, 0.717) is 28.9 Å². The lowest BCUT2D eigenvalue weighted by molar-refractivity contribution is -0.123. The highest BCUT2D eigenvalue weighted by Crippen LogP contribution is 2.35. The zero-order chi connectivity index (χ0) is 22.8. The minimum atomic E-state index is -0.374. The number of hydrogen-bond donors (Lipinski definition) is 0. The van der Waals surface area contributed by atoms with Crippen LogP contribution in [0, 0.1) is 5.82 Å². The van der Waals surface area contributed by atoms with Crippen LogP contribution in [0.1, 0.15) is 18.4 Å². The Kier molecular flexibility index (Phi) is 6.48. The predicted molar refractivity (Wildman–Crippen MR) is 133 cm³/mol. The fourth-order valence-electron chi connectivity index (χ4n) is 4.18. The largest absolute Gasteiger partial charge is 0.489 e. The molecule has 3 heterocycles. The summed E-state index contributed by atoms with van der Waals surface area (Å²) in [6.45, 7) is 2.12. The Bertz CT molecular complexity index is 1230. The van der Waals surface area contributed by atoms with Crippen LogP contribution < -0.4 is 4.74 Å². The minimum Gasteiger partial charge on any atom is -0.489 e. The summed E-state index contributed by atoms with van der Waals surface area (Å²) in [6, 6.07) is 14.4. The molecule has 2 saturated heterocycles. The van der Waals surface area contributed by atoms with Crippen LogP contribution >= 0.6 is 24.0 Å². The molecule has 5 nitrogen and oxygen atoms in total. The number of thioether (sulfide) groups is 1. The first-order valence-corrected chi connectivity index (χ1v) is 12.1. The van der Waals surface area contributed by atoms with Gasteiger partial charge in [-0.3, -0.25) is 9.69 Å². The third-order valence-corrected chi connectivity index (χ3v) is 7.19.